The molecule has 0 radical (unpaired) electrons. The van der Waals surface area contributed by atoms with Crippen LogP contribution in [0.3, 0.4) is 0 Å². The number of benzene rings is 1. The first-order chi connectivity index (χ1) is 8.90. The molecule has 3 nitrogen and oxygen atoms in total. The molecular weight excluding hydrogens is 259 g/mol. The minimum atomic E-state index is -1.23. The molecule has 1 fully saturated rings. The molecule has 102 valence electrons. The molecule has 0 aliphatic carbocycles. The third-order valence-electron chi connectivity index (χ3n) is 3.18. The minimum absolute atomic E-state index is 0.0177. The highest BCUT2D eigenvalue weighted by Crippen LogP contribution is 2.20. The number of hydrogen-bond donors (Lipinski definition) is 0. The van der Waals surface area contributed by atoms with Gasteiger partial charge < -0.3 is 4.90 Å². The molecule has 0 spiro atoms. The molecule has 2 rings (SSSR count). The Bertz CT molecular complexity index is 522. The lowest BCUT2D eigenvalue weighted by molar-refractivity contribution is -0.124. The van der Waals surface area contributed by atoms with Gasteiger partial charge in [-0.2, -0.15) is 0 Å². The molecule has 0 bridgehead atoms. The maximum atomic E-state index is 13.5. The van der Waals surface area contributed by atoms with Crippen LogP contribution in [-0.2, 0) is 4.79 Å². The predicted molar refractivity (Wildman–Crippen MR) is 61.0 cm³/mol. The van der Waals surface area contributed by atoms with Gasteiger partial charge in [-0.3, -0.25) is 9.59 Å². The molecule has 1 atom stereocenters. The van der Waals surface area contributed by atoms with E-state index in [4.69, 9.17) is 0 Å². The molecule has 0 N–H and O–H groups in total. The highest BCUT2D eigenvalue weighted by atomic mass is 19.1. The fraction of sp³-hybridized carbons (Fsp3) is 0.385. The Morgan fingerprint density at radius 3 is 2.37 bits per heavy atom. The molecule has 1 saturated heterocycles. The van der Waals surface area contributed by atoms with Gasteiger partial charge in [-0.15, -0.1) is 0 Å². The number of halogens is 3. The fourth-order valence-corrected chi connectivity index (χ4v) is 2.10. The van der Waals surface area contributed by atoms with E-state index in [0.717, 1.165) is 0 Å². The van der Waals surface area contributed by atoms with Crippen molar-refractivity contribution in [3.05, 3.63) is 35.1 Å². The SMILES string of the molecule is CC1CN(C(=O)c2c(F)cc(F)cc2F)CCC1=O. The molecule has 1 aliphatic rings. The summed E-state index contributed by atoms with van der Waals surface area (Å²) in [5, 5.41) is 0. The van der Waals surface area contributed by atoms with Crippen LogP contribution in [0.15, 0.2) is 12.1 Å². The normalized spacial score (nSPS) is 19.7. The van der Waals surface area contributed by atoms with Crippen LogP contribution < -0.4 is 0 Å². The molecule has 0 aromatic heterocycles. The third-order valence-corrected chi connectivity index (χ3v) is 3.18. The molecule has 1 amide bonds. The van der Waals surface area contributed by atoms with Crippen LogP contribution in [0.4, 0.5) is 13.2 Å². The van der Waals surface area contributed by atoms with Gasteiger partial charge in [-0.1, -0.05) is 6.92 Å². The first-order valence-corrected chi connectivity index (χ1v) is 5.86. The second-order valence-electron chi connectivity index (χ2n) is 4.61. The number of hydrogen-bond acceptors (Lipinski definition) is 2. The van der Waals surface area contributed by atoms with Crippen molar-refractivity contribution < 1.29 is 22.8 Å². The number of Topliss-reactive ketones (excluding diaryl/α,β-unsaturated/α-hetero) is 1. The van der Waals surface area contributed by atoms with E-state index in [9.17, 15) is 22.8 Å². The number of rotatable bonds is 1. The van der Waals surface area contributed by atoms with Crippen molar-refractivity contribution in [3.8, 4) is 0 Å². The van der Waals surface area contributed by atoms with Crippen LogP contribution in [0.25, 0.3) is 0 Å². The van der Waals surface area contributed by atoms with Crippen molar-refractivity contribution in [1.82, 2.24) is 4.90 Å². The molecular formula is C13H12F3NO2. The van der Waals surface area contributed by atoms with Crippen LogP contribution in [0.2, 0.25) is 0 Å². The Hall–Kier alpha value is -1.85. The summed E-state index contributed by atoms with van der Waals surface area (Å²) >= 11 is 0. The van der Waals surface area contributed by atoms with Crippen molar-refractivity contribution in [1.29, 1.82) is 0 Å². The highest BCUT2D eigenvalue weighted by molar-refractivity contribution is 5.96. The largest absolute Gasteiger partial charge is 0.337 e. The van der Waals surface area contributed by atoms with Crippen LogP contribution in [0.1, 0.15) is 23.7 Å². The zero-order valence-corrected chi connectivity index (χ0v) is 10.3. The van der Waals surface area contributed by atoms with E-state index in [1.54, 1.807) is 6.92 Å². The van der Waals surface area contributed by atoms with Gasteiger partial charge in [0.2, 0.25) is 0 Å². The van der Waals surface area contributed by atoms with E-state index in [1.165, 1.54) is 4.90 Å². The molecule has 1 aromatic carbocycles. The summed E-state index contributed by atoms with van der Waals surface area (Å²) in [6, 6.07) is 0.934. The van der Waals surface area contributed by atoms with Gasteiger partial charge in [0.05, 0.1) is 0 Å². The van der Waals surface area contributed by atoms with E-state index in [2.05, 4.69) is 0 Å². The van der Waals surface area contributed by atoms with E-state index in [-0.39, 0.29) is 31.2 Å². The summed E-state index contributed by atoms with van der Waals surface area (Å²) in [4.78, 5) is 24.6. The predicted octanol–water partition coefficient (Wildman–Crippen LogP) is 2.16. The summed E-state index contributed by atoms with van der Waals surface area (Å²) in [6.45, 7) is 1.89. The smallest absolute Gasteiger partial charge is 0.259 e. The van der Waals surface area contributed by atoms with Gasteiger partial charge in [0.15, 0.2) is 0 Å². The second kappa shape index (κ2) is 5.03. The Balaban J connectivity index is 2.28. The molecule has 19 heavy (non-hydrogen) atoms. The maximum absolute atomic E-state index is 13.5. The Morgan fingerprint density at radius 2 is 1.84 bits per heavy atom. The zero-order chi connectivity index (χ0) is 14.2. The number of nitrogens with zero attached hydrogens (tertiary/aromatic N) is 1. The first-order valence-electron chi connectivity index (χ1n) is 5.86. The van der Waals surface area contributed by atoms with Gasteiger partial charge in [0, 0.05) is 37.6 Å². The van der Waals surface area contributed by atoms with Crippen molar-refractivity contribution in [2.24, 2.45) is 5.92 Å². The van der Waals surface area contributed by atoms with Gasteiger partial charge in [-0.25, -0.2) is 13.2 Å². The quantitative estimate of drug-likeness (QED) is 0.785. The topological polar surface area (TPSA) is 37.4 Å². The lowest BCUT2D eigenvalue weighted by Crippen LogP contribution is -2.43. The van der Waals surface area contributed by atoms with E-state index >= 15 is 0 Å². The van der Waals surface area contributed by atoms with Crippen molar-refractivity contribution >= 4 is 11.7 Å². The average molecular weight is 271 g/mol. The number of carbonyl (C=O) groups excluding carboxylic acids is 2. The van der Waals surface area contributed by atoms with Crippen LogP contribution in [-0.4, -0.2) is 29.7 Å². The van der Waals surface area contributed by atoms with Crippen molar-refractivity contribution in [3.63, 3.8) is 0 Å². The number of amides is 1. The lowest BCUT2D eigenvalue weighted by atomic mass is 9.98. The van der Waals surface area contributed by atoms with Crippen LogP contribution >= 0.6 is 0 Å². The zero-order valence-electron chi connectivity index (χ0n) is 10.3. The molecule has 1 aromatic rings. The van der Waals surface area contributed by atoms with E-state index in [1.807, 2.05) is 0 Å². The van der Waals surface area contributed by atoms with Gasteiger partial charge in [0.1, 0.15) is 28.8 Å². The van der Waals surface area contributed by atoms with Gasteiger partial charge in [0.25, 0.3) is 5.91 Å². The van der Waals surface area contributed by atoms with Gasteiger partial charge in [-0.05, 0) is 0 Å². The van der Waals surface area contributed by atoms with Gasteiger partial charge >= 0.3 is 0 Å². The summed E-state index contributed by atoms with van der Waals surface area (Å²) in [5.41, 5.74) is -0.775. The van der Waals surface area contributed by atoms with E-state index in [0.29, 0.717) is 12.1 Å². The number of likely N-dealkylation sites (tertiary alicyclic amines) is 1. The molecule has 6 heteroatoms. The summed E-state index contributed by atoms with van der Waals surface area (Å²) in [5.74, 6) is -4.73. The first kappa shape index (κ1) is 13.6. The third kappa shape index (κ3) is 2.62. The Morgan fingerprint density at radius 1 is 1.26 bits per heavy atom. The van der Waals surface area contributed by atoms with Crippen molar-refractivity contribution in [2.75, 3.05) is 13.1 Å². The molecule has 1 heterocycles. The minimum Gasteiger partial charge on any atom is -0.337 e. The monoisotopic (exact) mass is 271 g/mol. The number of ketones is 1. The lowest BCUT2D eigenvalue weighted by Gasteiger charge is -2.30. The summed E-state index contributed by atoms with van der Waals surface area (Å²) < 4.78 is 39.8. The maximum Gasteiger partial charge on any atom is 0.259 e. The number of piperidine rings is 1. The van der Waals surface area contributed by atoms with Crippen LogP contribution in [0.5, 0.6) is 0 Å². The highest BCUT2D eigenvalue weighted by Gasteiger charge is 2.30. The fourth-order valence-electron chi connectivity index (χ4n) is 2.10. The van der Waals surface area contributed by atoms with E-state index < -0.39 is 28.9 Å². The summed E-state index contributed by atoms with van der Waals surface area (Å²) in [6.07, 6.45) is 0.164. The Kier molecular flexibility index (Phi) is 3.59. The standard InChI is InChI=1S/C13H12F3NO2/c1-7-6-17(3-2-11(7)18)13(19)12-9(15)4-8(14)5-10(12)16/h4-5,7H,2-3,6H2,1H3. The molecule has 0 saturated carbocycles. The summed E-state index contributed by atoms with van der Waals surface area (Å²) in [7, 11) is 0. The van der Waals surface area contributed by atoms with Crippen molar-refractivity contribution in [2.45, 2.75) is 13.3 Å². The molecule has 1 aliphatic heterocycles. The van der Waals surface area contributed by atoms with Crippen LogP contribution in [0, 0.1) is 23.4 Å². The average Bonchev–Trinajstić information content (AvgIpc) is 2.31. The number of carbonyl (C=O) groups is 2. The molecule has 1 unspecified atom stereocenters. The second-order valence-corrected chi connectivity index (χ2v) is 4.61. The Labute approximate surface area is 108 Å².